The van der Waals surface area contributed by atoms with Crippen molar-refractivity contribution in [2.24, 2.45) is 0 Å². The number of nitrogens with zero attached hydrogens (tertiary/aromatic N) is 2. The molecule has 17 rings (SSSR count). The highest BCUT2D eigenvalue weighted by molar-refractivity contribution is 6.23. The van der Waals surface area contributed by atoms with Crippen LogP contribution in [0.1, 0.15) is 76.4 Å². The molecule has 0 spiro atoms. The van der Waals surface area contributed by atoms with Gasteiger partial charge in [0.05, 0.1) is 10.8 Å². The first-order chi connectivity index (χ1) is 46.7. The van der Waals surface area contributed by atoms with Gasteiger partial charge in [0.15, 0.2) is 0 Å². The molecule has 0 amide bonds. The zero-order valence-corrected chi connectivity index (χ0v) is 53.9. The average molecular weight is 1220 g/mol. The van der Waals surface area contributed by atoms with Crippen LogP contribution < -0.4 is 9.80 Å². The number of rotatable bonds is 12. The number of anilines is 6. The van der Waals surface area contributed by atoms with Gasteiger partial charge in [-0.2, -0.15) is 0 Å². The molecule has 0 aliphatic heterocycles. The Morgan fingerprint density at radius 3 is 0.968 bits per heavy atom. The topological polar surface area (TPSA) is 6.48 Å². The van der Waals surface area contributed by atoms with Gasteiger partial charge in [-0.3, -0.25) is 0 Å². The molecule has 0 N–H and O–H groups in total. The van der Waals surface area contributed by atoms with Crippen molar-refractivity contribution in [3.63, 3.8) is 0 Å². The summed E-state index contributed by atoms with van der Waals surface area (Å²) >= 11 is 0. The lowest BCUT2D eigenvalue weighted by Crippen LogP contribution is -2.28. The Labute approximate surface area is 558 Å². The molecule has 0 radical (unpaired) electrons. The van der Waals surface area contributed by atoms with Crippen LogP contribution in [-0.4, -0.2) is 0 Å². The highest BCUT2D eigenvalue weighted by Gasteiger charge is 2.48. The zero-order valence-electron chi connectivity index (χ0n) is 53.9. The van der Waals surface area contributed by atoms with E-state index in [0.29, 0.717) is 0 Å². The van der Waals surface area contributed by atoms with E-state index in [4.69, 9.17) is 0 Å². The zero-order chi connectivity index (χ0) is 63.8. The van der Waals surface area contributed by atoms with Gasteiger partial charge in [-0.15, -0.1) is 0 Å². The van der Waals surface area contributed by atoms with Crippen LogP contribution in [0.5, 0.6) is 0 Å². The van der Waals surface area contributed by atoms with Crippen LogP contribution in [0, 0.1) is 6.92 Å². The van der Waals surface area contributed by atoms with Gasteiger partial charge in [0.2, 0.25) is 0 Å². The largest absolute Gasteiger partial charge is 0.310 e. The lowest BCUT2D eigenvalue weighted by atomic mass is 9.67. The Hall–Kier alpha value is -11.6. The van der Waals surface area contributed by atoms with E-state index in [9.17, 15) is 0 Å². The molecule has 2 heteroatoms. The number of hydrogen-bond acceptors (Lipinski definition) is 2. The fourth-order valence-electron chi connectivity index (χ4n) is 16.2. The van der Waals surface area contributed by atoms with Crippen LogP contribution in [0.25, 0.3) is 66.1 Å². The van der Waals surface area contributed by atoms with Gasteiger partial charge in [0, 0.05) is 34.1 Å². The maximum atomic E-state index is 2.56. The summed E-state index contributed by atoms with van der Waals surface area (Å²) in [7, 11) is 0. The SMILES string of the molecule is Cc1cccc(N(c2ccc(C(C)(C)C)cc2)c2ccc3c(-c4ccc5c(c4)C(c4ccccc4)(c4ccccc4)c4ccccc4-5)c4cc(N(c5ccccc5)c5ccccc5)ccc4c(-c4ccc5c(c4)C(c4ccccc4)(c4ccccc4)c4ccccc4-5)c3c2)c1. The highest BCUT2D eigenvalue weighted by Crippen LogP contribution is 2.60. The molecular weight excluding hydrogens is 1150 g/mol. The second-order valence-electron chi connectivity index (χ2n) is 26.8. The smallest absolute Gasteiger partial charge is 0.0713 e. The molecule has 15 aromatic rings. The van der Waals surface area contributed by atoms with Crippen molar-refractivity contribution < 1.29 is 0 Å². The van der Waals surface area contributed by atoms with Crippen LogP contribution in [0.15, 0.2) is 352 Å². The Morgan fingerprint density at radius 2 is 0.568 bits per heavy atom. The van der Waals surface area contributed by atoms with E-state index >= 15 is 0 Å². The van der Waals surface area contributed by atoms with Crippen molar-refractivity contribution in [1.29, 1.82) is 0 Å². The predicted octanol–water partition coefficient (Wildman–Crippen LogP) is 24.6. The summed E-state index contributed by atoms with van der Waals surface area (Å²) in [4.78, 5) is 4.87. The molecule has 0 saturated carbocycles. The molecule has 2 nitrogen and oxygen atoms in total. The van der Waals surface area contributed by atoms with Crippen molar-refractivity contribution >= 4 is 55.7 Å². The van der Waals surface area contributed by atoms with Crippen molar-refractivity contribution in [3.8, 4) is 44.5 Å². The molecule has 0 unspecified atom stereocenters. The van der Waals surface area contributed by atoms with E-state index in [1.165, 1.54) is 89.0 Å². The maximum absolute atomic E-state index is 2.56. The third-order valence-electron chi connectivity index (χ3n) is 20.4. The van der Waals surface area contributed by atoms with E-state index in [1.807, 2.05) is 0 Å². The van der Waals surface area contributed by atoms with Crippen LogP contribution in [0.3, 0.4) is 0 Å². The number of aryl methyl sites for hydroxylation is 1. The maximum Gasteiger partial charge on any atom is 0.0713 e. The van der Waals surface area contributed by atoms with E-state index in [0.717, 1.165) is 66.8 Å². The van der Waals surface area contributed by atoms with Crippen molar-refractivity contribution in [2.75, 3.05) is 9.80 Å². The van der Waals surface area contributed by atoms with E-state index in [-0.39, 0.29) is 5.41 Å². The average Bonchev–Trinajstić information content (AvgIpc) is 1.62. The minimum absolute atomic E-state index is 0.0148. The van der Waals surface area contributed by atoms with Crippen LogP contribution in [-0.2, 0) is 16.2 Å². The highest BCUT2D eigenvalue weighted by atomic mass is 15.1. The molecule has 0 heterocycles. The van der Waals surface area contributed by atoms with Gasteiger partial charge in [-0.25, -0.2) is 0 Å². The normalized spacial score (nSPS) is 13.2. The fourth-order valence-corrected chi connectivity index (χ4v) is 16.2. The van der Waals surface area contributed by atoms with Gasteiger partial charge < -0.3 is 9.80 Å². The summed E-state index contributed by atoms with van der Waals surface area (Å²) < 4.78 is 0. The minimum atomic E-state index is -0.618. The monoisotopic (exact) mass is 1210 g/mol. The lowest BCUT2D eigenvalue weighted by Gasteiger charge is -2.34. The molecule has 95 heavy (non-hydrogen) atoms. The predicted molar refractivity (Wildman–Crippen MR) is 400 cm³/mol. The standard InChI is InChI=1S/C93H70N2/c1-63-28-27-41-74(58-63)95(73-50-48-66(49-51-73)91(2,3)4)76-53-57-82-84(62-76)90(65-47-55-80-78-43-24-26-45-86(78)93(88(80)60-65,69-33-15-7-16-34-69)70-35-17-8-18-36-70)81-56-52-75(94(71-37-19-9-20-38-71)72-39-21-10-22-40-72)61-83(81)89(82)64-46-54-79-77-42-23-25-44-85(77)92(87(79)59-64,67-29-11-5-12-30-67)68-31-13-6-14-32-68/h5-62H,1-4H3. The summed E-state index contributed by atoms with van der Waals surface area (Å²) in [6.45, 7) is 9.08. The summed E-state index contributed by atoms with van der Waals surface area (Å²) in [5.41, 5.74) is 27.5. The van der Waals surface area contributed by atoms with Gasteiger partial charge >= 0.3 is 0 Å². The lowest BCUT2D eigenvalue weighted by molar-refractivity contribution is 0.590. The van der Waals surface area contributed by atoms with Crippen LogP contribution in [0.2, 0.25) is 0 Å². The van der Waals surface area contributed by atoms with Crippen molar-refractivity contribution in [1.82, 2.24) is 0 Å². The number of hydrogen-bond donors (Lipinski definition) is 0. The van der Waals surface area contributed by atoms with Crippen molar-refractivity contribution in [3.05, 3.63) is 407 Å². The fraction of sp³-hybridized carbons (Fsp3) is 0.0753. The van der Waals surface area contributed by atoms with E-state index < -0.39 is 10.8 Å². The molecule has 0 bridgehead atoms. The molecule has 0 aromatic heterocycles. The number of benzene rings is 15. The quantitative estimate of drug-likeness (QED) is 0.113. The van der Waals surface area contributed by atoms with Crippen LogP contribution in [0.4, 0.5) is 34.1 Å². The number of para-hydroxylation sites is 2. The second-order valence-corrected chi connectivity index (χ2v) is 26.8. The molecule has 15 aromatic carbocycles. The molecule has 2 aliphatic carbocycles. The third kappa shape index (κ3) is 9.22. The molecule has 0 atom stereocenters. The number of fused-ring (bicyclic) bond motifs is 8. The van der Waals surface area contributed by atoms with Gasteiger partial charge in [-0.1, -0.05) is 288 Å². The van der Waals surface area contributed by atoms with Crippen molar-refractivity contribution in [2.45, 2.75) is 43.9 Å². The molecule has 2 aliphatic rings. The molecule has 0 fully saturated rings. The summed E-state index contributed by atoms with van der Waals surface area (Å²) in [5, 5.41) is 4.64. The summed E-state index contributed by atoms with van der Waals surface area (Å²) in [5.74, 6) is 0. The second kappa shape index (κ2) is 22.9. The Bertz CT molecular complexity index is 5260. The molecule has 452 valence electrons. The molecular formula is C93H70N2. The van der Waals surface area contributed by atoms with Gasteiger partial charge in [0.1, 0.15) is 0 Å². The van der Waals surface area contributed by atoms with Gasteiger partial charge in [-0.05, 0) is 219 Å². The van der Waals surface area contributed by atoms with E-state index in [1.54, 1.807) is 0 Å². The first kappa shape index (κ1) is 57.3. The first-order valence-electron chi connectivity index (χ1n) is 33.3. The van der Waals surface area contributed by atoms with E-state index in [2.05, 4.69) is 389 Å². The summed E-state index contributed by atoms with van der Waals surface area (Å²) in [6.07, 6.45) is 0. The Kier molecular flexibility index (Phi) is 13.8. The Morgan fingerprint density at radius 1 is 0.242 bits per heavy atom. The summed E-state index contributed by atoms with van der Waals surface area (Å²) in [6, 6.07) is 132. The third-order valence-corrected chi connectivity index (χ3v) is 20.4. The first-order valence-corrected chi connectivity index (χ1v) is 33.3. The van der Waals surface area contributed by atoms with Crippen LogP contribution >= 0.6 is 0 Å². The Balaban J connectivity index is 1.02. The minimum Gasteiger partial charge on any atom is -0.310 e. The molecule has 0 saturated heterocycles. The van der Waals surface area contributed by atoms with Gasteiger partial charge in [0.25, 0.3) is 0 Å².